The average molecular weight is 804 g/mol. The van der Waals surface area contributed by atoms with Crippen molar-refractivity contribution < 1.29 is 31.5 Å². The first-order chi connectivity index (χ1) is 22.4. The Morgan fingerprint density at radius 3 is 0.673 bits per heavy atom. The number of unbranched alkanes of at least 4 members (excludes halogenated alkanes) is 8. The molecule has 0 radical (unpaired) electrons. The van der Waals surface area contributed by atoms with Gasteiger partial charge in [0.05, 0.1) is 0 Å². The summed E-state index contributed by atoms with van der Waals surface area (Å²) in [6.07, 6.45) is 13.8. The van der Waals surface area contributed by atoms with Gasteiger partial charge < -0.3 is 0 Å². The van der Waals surface area contributed by atoms with Crippen LogP contribution in [0.3, 0.4) is 0 Å². The summed E-state index contributed by atoms with van der Waals surface area (Å²) in [5.74, 6) is -2.66. The van der Waals surface area contributed by atoms with E-state index in [0.717, 1.165) is 77.0 Å². The molecule has 0 aliphatic heterocycles. The Hall–Kier alpha value is -1.32. The number of hydrogen-bond donors (Lipinski definition) is 0. The molecule has 0 rings (SSSR count). The Labute approximate surface area is 307 Å². The van der Waals surface area contributed by atoms with E-state index in [2.05, 4.69) is 83.1 Å². The predicted molar refractivity (Wildman–Crippen MR) is 200 cm³/mol. The van der Waals surface area contributed by atoms with Crippen LogP contribution in [0.2, 0.25) is 0 Å². The van der Waals surface area contributed by atoms with Crippen LogP contribution in [0.4, 0.5) is 0 Å². The van der Waals surface area contributed by atoms with Gasteiger partial charge in [-0.25, -0.2) is 0 Å². The molecule has 0 unspecified atom stereocenters. The first kappa shape index (κ1) is 47.7. The molecule has 0 aromatic heterocycles. The molecule has 0 bridgehead atoms. The Bertz CT molecular complexity index is 805. The van der Waals surface area contributed by atoms with Gasteiger partial charge in [-0.3, -0.25) is 0 Å². The quantitative estimate of drug-likeness (QED) is 0.0702. The molecule has 9 heteroatoms. The standard InChI is InChI=1S/4C10H20O2.Sn/c4*1-10(2,3)8-6-4-5-7-9(11)12;/h4*4-8H2,1-3H3,(H,11,12);/q;;;;+4/p-4. The van der Waals surface area contributed by atoms with Crippen molar-refractivity contribution in [3.8, 4) is 0 Å². The summed E-state index contributed by atoms with van der Waals surface area (Å²) in [7, 11) is 0. The summed E-state index contributed by atoms with van der Waals surface area (Å²) < 4.78 is 23.0. The summed E-state index contributed by atoms with van der Waals surface area (Å²) in [5.41, 5.74) is 0.813. The van der Waals surface area contributed by atoms with E-state index in [9.17, 15) is 19.2 Å². The summed E-state index contributed by atoms with van der Waals surface area (Å²) in [6.45, 7) is 26.2. The van der Waals surface area contributed by atoms with Crippen LogP contribution >= 0.6 is 0 Å². The van der Waals surface area contributed by atoms with E-state index in [0.29, 0.717) is 25.7 Å². The molecule has 0 heterocycles. The molecule has 288 valence electrons. The Kier molecular flexibility index (Phi) is 22.7. The third-order valence-electron chi connectivity index (χ3n) is 8.19. The van der Waals surface area contributed by atoms with Gasteiger partial charge >= 0.3 is 309 Å². The number of carbonyl (C=O) groups is 4. The minimum atomic E-state index is -5.84. The van der Waals surface area contributed by atoms with Crippen LogP contribution in [0.15, 0.2) is 0 Å². The molecule has 0 fully saturated rings. The molecule has 0 atom stereocenters. The van der Waals surface area contributed by atoms with E-state index in [1.54, 1.807) is 0 Å². The molecule has 0 amide bonds. The molecular formula is C40H76O8Sn. The first-order valence-corrected chi connectivity index (χ1v) is 23.9. The fourth-order valence-corrected chi connectivity index (χ4v) is 10.4. The molecule has 49 heavy (non-hydrogen) atoms. The molecule has 0 spiro atoms. The van der Waals surface area contributed by atoms with Crippen LogP contribution in [-0.4, -0.2) is 43.9 Å². The van der Waals surface area contributed by atoms with Crippen molar-refractivity contribution in [2.45, 2.75) is 212 Å². The molecule has 0 aliphatic carbocycles. The van der Waals surface area contributed by atoms with Gasteiger partial charge in [-0.05, 0) is 0 Å². The van der Waals surface area contributed by atoms with Crippen LogP contribution in [0.25, 0.3) is 0 Å². The Balaban J connectivity index is 5.80. The van der Waals surface area contributed by atoms with Gasteiger partial charge in [0.1, 0.15) is 0 Å². The molecule has 0 aliphatic rings. The van der Waals surface area contributed by atoms with Crippen molar-refractivity contribution in [3.05, 3.63) is 0 Å². The molecular weight excluding hydrogens is 727 g/mol. The zero-order chi connectivity index (χ0) is 37.8. The van der Waals surface area contributed by atoms with E-state index in [1.807, 2.05) is 0 Å². The second-order valence-electron chi connectivity index (χ2n) is 18.9. The average Bonchev–Trinajstić information content (AvgIpc) is 2.89. The third-order valence-corrected chi connectivity index (χ3v) is 13.6. The van der Waals surface area contributed by atoms with Crippen LogP contribution in [0, 0.1) is 21.7 Å². The molecule has 0 saturated heterocycles. The monoisotopic (exact) mass is 804 g/mol. The molecule has 0 aromatic carbocycles. The Morgan fingerprint density at radius 1 is 0.327 bits per heavy atom. The normalized spacial score (nSPS) is 12.8. The van der Waals surface area contributed by atoms with Gasteiger partial charge in [0.2, 0.25) is 0 Å². The molecule has 0 N–H and O–H groups in total. The SMILES string of the molecule is CC(C)(C)CCCCCC(=O)[O][Sn]([O]C(=O)CCCCCC(C)(C)C)([O]C(=O)CCCCCC(C)(C)C)[O]C(=O)CCCCCC(C)(C)C. The van der Waals surface area contributed by atoms with Crippen molar-refractivity contribution in [2.75, 3.05) is 0 Å². The van der Waals surface area contributed by atoms with Crippen LogP contribution in [0.5, 0.6) is 0 Å². The van der Waals surface area contributed by atoms with Gasteiger partial charge in [-0.1, -0.05) is 0 Å². The molecule has 0 saturated carbocycles. The van der Waals surface area contributed by atoms with E-state index in [4.69, 9.17) is 12.3 Å². The van der Waals surface area contributed by atoms with Crippen LogP contribution in [0.1, 0.15) is 212 Å². The van der Waals surface area contributed by atoms with Gasteiger partial charge in [-0.15, -0.1) is 0 Å². The van der Waals surface area contributed by atoms with E-state index in [1.165, 1.54) is 0 Å². The van der Waals surface area contributed by atoms with Crippen molar-refractivity contribution in [1.82, 2.24) is 0 Å². The fraction of sp³-hybridized carbons (Fsp3) is 0.900. The van der Waals surface area contributed by atoms with Gasteiger partial charge in [0.15, 0.2) is 0 Å². The van der Waals surface area contributed by atoms with Crippen LogP contribution < -0.4 is 0 Å². The van der Waals surface area contributed by atoms with Crippen LogP contribution in [-0.2, 0) is 31.5 Å². The van der Waals surface area contributed by atoms with Crippen molar-refractivity contribution >= 4 is 43.9 Å². The summed E-state index contributed by atoms with van der Waals surface area (Å²) in [4.78, 5) is 52.8. The van der Waals surface area contributed by atoms with Gasteiger partial charge in [0.25, 0.3) is 0 Å². The van der Waals surface area contributed by atoms with Gasteiger partial charge in [0, 0.05) is 0 Å². The van der Waals surface area contributed by atoms with Crippen molar-refractivity contribution in [1.29, 1.82) is 0 Å². The predicted octanol–water partition coefficient (Wildman–Crippen LogP) is 11.6. The summed E-state index contributed by atoms with van der Waals surface area (Å²) in [5, 5.41) is 0. The number of hydrogen-bond acceptors (Lipinski definition) is 8. The van der Waals surface area contributed by atoms with E-state index < -0.39 is 43.9 Å². The topological polar surface area (TPSA) is 105 Å². The zero-order valence-electron chi connectivity index (χ0n) is 33.9. The first-order valence-electron chi connectivity index (χ1n) is 19.3. The zero-order valence-corrected chi connectivity index (χ0v) is 36.8. The molecule has 8 nitrogen and oxygen atoms in total. The van der Waals surface area contributed by atoms with Gasteiger partial charge in [-0.2, -0.15) is 0 Å². The number of rotatable bonds is 24. The fourth-order valence-electron chi connectivity index (χ4n) is 5.29. The minimum absolute atomic E-state index is 0.0574. The molecule has 0 aromatic rings. The maximum atomic E-state index is 13.2. The third kappa shape index (κ3) is 31.2. The van der Waals surface area contributed by atoms with E-state index >= 15 is 0 Å². The Morgan fingerprint density at radius 2 is 0.510 bits per heavy atom. The number of carbonyl (C=O) groups excluding carboxylic acids is 4. The second-order valence-corrected chi connectivity index (χ2v) is 24.1. The summed E-state index contributed by atoms with van der Waals surface area (Å²) >= 11 is -5.84. The maximum absolute atomic E-state index is 13.2. The second kappa shape index (κ2) is 23.3. The summed E-state index contributed by atoms with van der Waals surface area (Å²) in [6, 6.07) is 0. The van der Waals surface area contributed by atoms with Crippen molar-refractivity contribution in [2.24, 2.45) is 21.7 Å². The van der Waals surface area contributed by atoms with Crippen molar-refractivity contribution in [3.63, 3.8) is 0 Å². The van der Waals surface area contributed by atoms with E-state index in [-0.39, 0.29) is 47.3 Å².